The average molecular weight is 447 g/mol. The van der Waals surface area contributed by atoms with Crippen molar-refractivity contribution in [3.05, 3.63) is 35.9 Å². The maximum Gasteiger partial charge on any atom is 0.226 e. The number of piperidine rings is 1. The molecule has 6 nitrogen and oxygen atoms in total. The standard InChI is InChI=1S/C26H42N2O4/c1-5-21(27-23-11-16-32-18-24(23)31-4)17-22(19(2)3)25(29)28-14-12-26(30,13-15-28)20-9-7-6-8-10-20/h6-10,19,21-24,27,30H,5,11-18H2,1-4H3. The second kappa shape index (κ2) is 11.6. The minimum atomic E-state index is -0.836. The van der Waals surface area contributed by atoms with E-state index in [1.54, 1.807) is 7.11 Å². The molecule has 2 heterocycles. The molecule has 2 N–H and O–H groups in total. The Bertz CT molecular complexity index is 703. The van der Waals surface area contributed by atoms with Crippen LogP contribution in [0, 0.1) is 11.8 Å². The molecule has 0 spiro atoms. The van der Waals surface area contributed by atoms with Crippen molar-refractivity contribution in [2.45, 2.75) is 76.7 Å². The maximum absolute atomic E-state index is 13.5. The van der Waals surface area contributed by atoms with Gasteiger partial charge in [-0.3, -0.25) is 4.79 Å². The van der Waals surface area contributed by atoms with E-state index >= 15 is 0 Å². The number of ether oxygens (including phenoxy) is 2. The molecule has 0 aromatic heterocycles. The lowest BCUT2D eigenvalue weighted by molar-refractivity contribution is -0.142. The summed E-state index contributed by atoms with van der Waals surface area (Å²) in [7, 11) is 1.74. The molecule has 2 aliphatic rings. The van der Waals surface area contributed by atoms with Crippen molar-refractivity contribution in [3.63, 3.8) is 0 Å². The van der Waals surface area contributed by atoms with Crippen LogP contribution in [0.25, 0.3) is 0 Å². The Morgan fingerprint density at radius 3 is 2.56 bits per heavy atom. The van der Waals surface area contributed by atoms with E-state index in [-0.39, 0.29) is 35.9 Å². The monoisotopic (exact) mass is 446 g/mol. The van der Waals surface area contributed by atoms with Crippen molar-refractivity contribution < 1.29 is 19.4 Å². The second-order valence-electron chi connectivity index (χ2n) is 9.83. The summed E-state index contributed by atoms with van der Waals surface area (Å²) in [5.74, 6) is 0.461. The van der Waals surface area contributed by atoms with Crippen LogP contribution in [0.5, 0.6) is 0 Å². The fourth-order valence-corrected chi connectivity index (χ4v) is 5.12. The van der Waals surface area contributed by atoms with Crippen LogP contribution in [-0.2, 0) is 19.9 Å². The first-order valence-corrected chi connectivity index (χ1v) is 12.3. The highest BCUT2D eigenvalue weighted by molar-refractivity contribution is 5.79. The van der Waals surface area contributed by atoms with Crippen LogP contribution in [0.4, 0.5) is 0 Å². The van der Waals surface area contributed by atoms with Gasteiger partial charge in [-0.2, -0.15) is 0 Å². The lowest BCUT2D eigenvalue weighted by Gasteiger charge is -2.41. The number of nitrogens with one attached hydrogen (secondary N) is 1. The molecule has 0 saturated carbocycles. The number of amides is 1. The Morgan fingerprint density at radius 2 is 1.97 bits per heavy atom. The number of likely N-dealkylation sites (tertiary alicyclic amines) is 1. The Labute approximate surface area is 193 Å². The molecular weight excluding hydrogens is 404 g/mol. The molecule has 4 atom stereocenters. The molecular formula is C26H42N2O4. The molecule has 0 bridgehead atoms. The summed E-state index contributed by atoms with van der Waals surface area (Å²) in [5.41, 5.74) is 0.115. The van der Waals surface area contributed by atoms with E-state index in [1.165, 1.54) is 0 Å². The highest BCUT2D eigenvalue weighted by atomic mass is 16.5. The quantitative estimate of drug-likeness (QED) is 0.609. The number of methoxy groups -OCH3 is 1. The predicted molar refractivity (Wildman–Crippen MR) is 126 cm³/mol. The van der Waals surface area contributed by atoms with Gasteiger partial charge in [-0.15, -0.1) is 0 Å². The van der Waals surface area contributed by atoms with E-state index < -0.39 is 5.60 Å². The van der Waals surface area contributed by atoms with Gasteiger partial charge in [0.25, 0.3) is 0 Å². The van der Waals surface area contributed by atoms with Crippen LogP contribution < -0.4 is 5.32 Å². The van der Waals surface area contributed by atoms with Gasteiger partial charge in [0.1, 0.15) is 0 Å². The van der Waals surface area contributed by atoms with E-state index in [2.05, 4.69) is 26.1 Å². The molecule has 6 heteroatoms. The van der Waals surface area contributed by atoms with Gasteiger partial charge in [0.05, 0.1) is 18.3 Å². The second-order valence-corrected chi connectivity index (χ2v) is 9.83. The van der Waals surface area contributed by atoms with E-state index in [9.17, 15) is 9.90 Å². The molecule has 2 fully saturated rings. The van der Waals surface area contributed by atoms with Crippen molar-refractivity contribution in [1.82, 2.24) is 10.2 Å². The zero-order valence-electron chi connectivity index (χ0n) is 20.3. The number of hydrogen-bond donors (Lipinski definition) is 2. The summed E-state index contributed by atoms with van der Waals surface area (Å²) in [4.78, 5) is 15.5. The molecule has 1 amide bonds. The molecule has 0 aliphatic carbocycles. The Balaban J connectivity index is 1.60. The van der Waals surface area contributed by atoms with E-state index in [1.807, 2.05) is 35.2 Å². The van der Waals surface area contributed by atoms with Crippen molar-refractivity contribution in [3.8, 4) is 0 Å². The minimum Gasteiger partial charge on any atom is -0.385 e. The predicted octanol–water partition coefficient (Wildman–Crippen LogP) is 3.33. The Morgan fingerprint density at radius 1 is 1.28 bits per heavy atom. The summed E-state index contributed by atoms with van der Waals surface area (Å²) in [6.07, 6.45) is 3.95. The third kappa shape index (κ3) is 6.10. The highest BCUT2D eigenvalue weighted by Gasteiger charge is 2.38. The molecule has 32 heavy (non-hydrogen) atoms. The zero-order chi connectivity index (χ0) is 23.1. The van der Waals surface area contributed by atoms with Gasteiger partial charge in [0.2, 0.25) is 5.91 Å². The van der Waals surface area contributed by atoms with Gasteiger partial charge in [0, 0.05) is 44.8 Å². The number of benzene rings is 1. The SMILES string of the molecule is CCC(CC(C(=O)N1CCC(O)(c2ccccc2)CC1)C(C)C)NC1CCOCC1OC. The van der Waals surface area contributed by atoms with Gasteiger partial charge in [0.15, 0.2) is 0 Å². The Kier molecular flexibility index (Phi) is 9.12. The zero-order valence-corrected chi connectivity index (χ0v) is 20.3. The lowest BCUT2D eigenvalue weighted by atomic mass is 9.82. The van der Waals surface area contributed by atoms with Crippen LogP contribution >= 0.6 is 0 Å². The van der Waals surface area contributed by atoms with Gasteiger partial charge >= 0.3 is 0 Å². The lowest BCUT2D eigenvalue weighted by Crippen LogP contribution is -2.52. The molecule has 2 aliphatic heterocycles. The van der Waals surface area contributed by atoms with Gasteiger partial charge < -0.3 is 24.8 Å². The Hall–Kier alpha value is -1.47. The van der Waals surface area contributed by atoms with Crippen LogP contribution in [0.15, 0.2) is 30.3 Å². The third-order valence-corrected chi connectivity index (χ3v) is 7.42. The van der Waals surface area contributed by atoms with Crippen LogP contribution in [0.1, 0.15) is 58.4 Å². The average Bonchev–Trinajstić information content (AvgIpc) is 2.82. The van der Waals surface area contributed by atoms with Crippen molar-refractivity contribution in [2.75, 3.05) is 33.4 Å². The first-order valence-electron chi connectivity index (χ1n) is 12.3. The van der Waals surface area contributed by atoms with Crippen LogP contribution in [0.2, 0.25) is 0 Å². The van der Waals surface area contributed by atoms with Gasteiger partial charge in [-0.05, 0) is 43.6 Å². The maximum atomic E-state index is 13.5. The molecule has 2 saturated heterocycles. The number of nitrogens with zero attached hydrogens (tertiary/aromatic N) is 1. The third-order valence-electron chi connectivity index (χ3n) is 7.42. The fourth-order valence-electron chi connectivity index (χ4n) is 5.12. The molecule has 180 valence electrons. The highest BCUT2D eigenvalue weighted by Crippen LogP contribution is 2.34. The summed E-state index contributed by atoms with van der Waals surface area (Å²) in [6.45, 7) is 9.04. The topological polar surface area (TPSA) is 71.0 Å². The van der Waals surface area contributed by atoms with E-state index in [0.717, 1.165) is 31.4 Å². The van der Waals surface area contributed by atoms with Gasteiger partial charge in [-0.25, -0.2) is 0 Å². The number of aliphatic hydroxyl groups is 1. The van der Waals surface area contributed by atoms with E-state index in [4.69, 9.17) is 9.47 Å². The number of hydrogen-bond acceptors (Lipinski definition) is 5. The minimum absolute atomic E-state index is 0.0313. The first-order chi connectivity index (χ1) is 15.4. The molecule has 1 aromatic carbocycles. The molecule has 4 unspecified atom stereocenters. The van der Waals surface area contributed by atoms with Crippen molar-refractivity contribution >= 4 is 5.91 Å². The van der Waals surface area contributed by atoms with E-state index in [0.29, 0.717) is 32.5 Å². The summed E-state index contributed by atoms with van der Waals surface area (Å²) in [6, 6.07) is 10.4. The summed E-state index contributed by atoms with van der Waals surface area (Å²) < 4.78 is 11.2. The summed E-state index contributed by atoms with van der Waals surface area (Å²) >= 11 is 0. The molecule has 1 aromatic rings. The molecule has 3 rings (SSSR count). The largest absolute Gasteiger partial charge is 0.385 e. The fraction of sp³-hybridized carbons (Fsp3) is 0.731. The van der Waals surface area contributed by atoms with Gasteiger partial charge in [-0.1, -0.05) is 51.1 Å². The van der Waals surface area contributed by atoms with Crippen LogP contribution in [-0.4, -0.2) is 67.5 Å². The number of rotatable bonds is 9. The smallest absolute Gasteiger partial charge is 0.226 e. The normalized spacial score (nSPS) is 25.5. The number of carbonyl (C=O) groups excluding carboxylic acids is 1. The number of carbonyl (C=O) groups is 1. The molecule has 0 radical (unpaired) electrons. The van der Waals surface area contributed by atoms with Crippen molar-refractivity contribution in [1.29, 1.82) is 0 Å². The first kappa shape index (κ1) is 25.2. The van der Waals surface area contributed by atoms with Crippen molar-refractivity contribution in [2.24, 2.45) is 11.8 Å². The van der Waals surface area contributed by atoms with Crippen LogP contribution in [0.3, 0.4) is 0 Å². The summed E-state index contributed by atoms with van der Waals surface area (Å²) in [5, 5.41) is 14.9.